The second kappa shape index (κ2) is 7.67. The molecular weight excluding hydrogens is 216 g/mol. The van der Waals surface area contributed by atoms with Gasteiger partial charge in [-0.1, -0.05) is 6.92 Å². The Hall–Kier alpha value is -0.610. The van der Waals surface area contributed by atoms with E-state index in [9.17, 15) is 4.79 Å². The fourth-order valence-corrected chi connectivity index (χ4v) is 2.28. The lowest BCUT2D eigenvalue weighted by Crippen LogP contribution is -2.38. The highest BCUT2D eigenvalue weighted by molar-refractivity contribution is 5.77. The zero-order valence-electron chi connectivity index (χ0n) is 11.3. The highest BCUT2D eigenvalue weighted by atomic mass is 16.5. The van der Waals surface area contributed by atoms with Crippen LogP contribution in [0.1, 0.15) is 46.5 Å². The Morgan fingerprint density at radius 2 is 1.94 bits per heavy atom. The molecule has 0 aromatic heterocycles. The van der Waals surface area contributed by atoms with Gasteiger partial charge in [0.05, 0.1) is 6.10 Å². The van der Waals surface area contributed by atoms with Crippen molar-refractivity contribution in [1.82, 2.24) is 10.6 Å². The molecule has 0 saturated heterocycles. The molecule has 0 aromatic carbocycles. The van der Waals surface area contributed by atoms with E-state index in [1.807, 2.05) is 13.8 Å². The highest BCUT2D eigenvalue weighted by Crippen LogP contribution is 2.20. The fraction of sp³-hybridized carbons (Fsp3) is 0.923. The first-order valence-electron chi connectivity index (χ1n) is 6.76. The lowest BCUT2D eigenvalue weighted by atomic mass is 9.93. The maximum absolute atomic E-state index is 11.4. The third kappa shape index (κ3) is 6.03. The summed E-state index contributed by atoms with van der Waals surface area (Å²) in [7, 11) is 0. The van der Waals surface area contributed by atoms with E-state index >= 15 is 0 Å². The number of amides is 1. The Labute approximate surface area is 104 Å². The van der Waals surface area contributed by atoms with E-state index in [0.29, 0.717) is 6.04 Å². The van der Waals surface area contributed by atoms with E-state index < -0.39 is 0 Å². The first-order chi connectivity index (χ1) is 8.11. The molecule has 1 amide bonds. The van der Waals surface area contributed by atoms with Crippen LogP contribution in [-0.4, -0.2) is 37.2 Å². The Morgan fingerprint density at radius 3 is 2.47 bits per heavy atom. The van der Waals surface area contributed by atoms with E-state index in [-0.39, 0.29) is 24.7 Å². The minimum atomic E-state index is -0.00573. The van der Waals surface area contributed by atoms with Crippen LogP contribution in [0.4, 0.5) is 0 Å². The smallest absolute Gasteiger partial charge is 0.246 e. The minimum Gasteiger partial charge on any atom is -0.368 e. The number of carbonyl (C=O) groups excluding carboxylic acids is 1. The van der Waals surface area contributed by atoms with Crippen molar-refractivity contribution in [1.29, 1.82) is 0 Å². The maximum Gasteiger partial charge on any atom is 0.246 e. The van der Waals surface area contributed by atoms with E-state index in [1.165, 1.54) is 0 Å². The molecule has 1 rings (SSSR count). The monoisotopic (exact) mass is 242 g/mol. The van der Waals surface area contributed by atoms with E-state index in [1.54, 1.807) is 0 Å². The van der Waals surface area contributed by atoms with Crippen molar-refractivity contribution in [2.45, 2.75) is 64.6 Å². The van der Waals surface area contributed by atoms with Crippen molar-refractivity contribution < 1.29 is 9.53 Å². The Bertz CT molecular complexity index is 223. The molecule has 0 radical (unpaired) electrons. The maximum atomic E-state index is 11.4. The van der Waals surface area contributed by atoms with Crippen LogP contribution >= 0.6 is 0 Å². The quantitative estimate of drug-likeness (QED) is 0.741. The largest absolute Gasteiger partial charge is 0.368 e. The van der Waals surface area contributed by atoms with Crippen molar-refractivity contribution in [3.8, 4) is 0 Å². The van der Waals surface area contributed by atoms with Crippen molar-refractivity contribution in [2.75, 3.05) is 13.2 Å². The molecule has 1 aliphatic carbocycles. The highest BCUT2D eigenvalue weighted by Gasteiger charge is 2.21. The number of nitrogens with one attached hydrogen (secondary N) is 2. The van der Waals surface area contributed by atoms with E-state index in [0.717, 1.165) is 32.2 Å². The lowest BCUT2D eigenvalue weighted by molar-refractivity contribution is -0.128. The third-order valence-electron chi connectivity index (χ3n) is 3.07. The number of hydrogen-bond donors (Lipinski definition) is 2. The van der Waals surface area contributed by atoms with Crippen LogP contribution in [0.5, 0.6) is 0 Å². The van der Waals surface area contributed by atoms with Crippen LogP contribution in [0.15, 0.2) is 0 Å². The lowest BCUT2D eigenvalue weighted by Gasteiger charge is -2.28. The zero-order valence-corrected chi connectivity index (χ0v) is 11.3. The molecule has 1 saturated carbocycles. The number of hydrogen-bond acceptors (Lipinski definition) is 3. The van der Waals surface area contributed by atoms with Crippen LogP contribution in [0.25, 0.3) is 0 Å². The van der Waals surface area contributed by atoms with Gasteiger partial charge in [-0.2, -0.15) is 0 Å². The summed E-state index contributed by atoms with van der Waals surface area (Å²) in [5, 5.41) is 6.30. The summed E-state index contributed by atoms with van der Waals surface area (Å²) in [5.41, 5.74) is 0. The van der Waals surface area contributed by atoms with Gasteiger partial charge in [0.25, 0.3) is 0 Å². The van der Waals surface area contributed by atoms with Gasteiger partial charge in [-0.3, -0.25) is 4.79 Å². The molecule has 0 spiro atoms. The summed E-state index contributed by atoms with van der Waals surface area (Å²) in [6, 6.07) is 0.833. The predicted molar refractivity (Wildman–Crippen MR) is 69.0 cm³/mol. The molecule has 0 aromatic rings. The summed E-state index contributed by atoms with van der Waals surface area (Å²) in [4.78, 5) is 11.4. The van der Waals surface area contributed by atoms with Gasteiger partial charge >= 0.3 is 0 Å². The average Bonchev–Trinajstić information content (AvgIpc) is 2.28. The molecule has 0 heterocycles. The summed E-state index contributed by atoms with van der Waals surface area (Å²) >= 11 is 0. The summed E-state index contributed by atoms with van der Waals surface area (Å²) in [5.74, 6) is -0.00573. The average molecular weight is 242 g/mol. The van der Waals surface area contributed by atoms with Crippen LogP contribution in [0, 0.1) is 0 Å². The van der Waals surface area contributed by atoms with Gasteiger partial charge in [-0.05, 0) is 46.1 Å². The predicted octanol–water partition coefficient (Wildman–Crippen LogP) is 1.45. The summed E-state index contributed by atoms with van der Waals surface area (Å²) in [6.45, 7) is 7.29. The standard InChI is InChI=1S/C13H26N2O2/c1-4-14-11-5-7-12(8-6-11)17-9-13(16)15-10(2)3/h10-12,14H,4-9H2,1-3H3,(H,15,16). The Kier molecular flexibility index (Phi) is 6.52. The summed E-state index contributed by atoms with van der Waals surface area (Å²) in [6.07, 6.45) is 4.70. The van der Waals surface area contributed by atoms with E-state index in [4.69, 9.17) is 4.74 Å². The van der Waals surface area contributed by atoms with Gasteiger partial charge in [0.1, 0.15) is 6.61 Å². The molecule has 0 atom stereocenters. The van der Waals surface area contributed by atoms with E-state index in [2.05, 4.69) is 17.6 Å². The van der Waals surface area contributed by atoms with Crippen LogP contribution < -0.4 is 10.6 Å². The van der Waals surface area contributed by atoms with Gasteiger partial charge in [-0.25, -0.2) is 0 Å². The van der Waals surface area contributed by atoms with Crippen molar-refractivity contribution in [3.05, 3.63) is 0 Å². The molecule has 0 aliphatic heterocycles. The molecule has 1 aliphatic rings. The van der Waals surface area contributed by atoms with Gasteiger partial charge in [-0.15, -0.1) is 0 Å². The minimum absolute atomic E-state index is 0.00573. The van der Waals surface area contributed by atoms with Crippen molar-refractivity contribution >= 4 is 5.91 Å². The molecule has 2 N–H and O–H groups in total. The number of rotatable bonds is 6. The first-order valence-corrected chi connectivity index (χ1v) is 6.76. The molecule has 4 heteroatoms. The third-order valence-corrected chi connectivity index (χ3v) is 3.07. The Morgan fingerprint density at radius 1 is 1.29 bits per heavy atom. The molecule has 0 bridgehead atoms. The molecule has 0 unspecified atom stereocenters. The normalized spacial score (nSPS) is 24.9. The molecule has 1 fully saturated rings. The SMILES string of the molecule is CCNC1CCC(OCC(=O)NC(C)C)CC1. The van der Waals surface area contributed by atoms with Crippen LogP contribution in [-0.2, 0) is 9.53 Å². The van der Waals surface area contributed by atoms with Gasteiger partial charge in [0.2, 0.25) is 5.91 Å². The van der Waals surface area contributed by atoms with Crippen LogP contribution in [0.3, 0.4) is 0 Å². The van der Waals surface area contributed by atoms with Gasteiger partial charge in [0.15, 0.2) is 0 Å². The zero-order chi connectivity index (χ0) is 12.7. The molecule has 17 heavy (non-hydrogen) atoms. The second-order valence-electron chi connectivity index (χ2n) is 5.06. The van der Waals surface area contributed by atoms with Gasteiger partial charge < -0.3 is 15.4 Å². The summed E-state index contributed by atoms with van der Waals surface area (Å²) < 4.78 is 5.63. The fourth-order valence-electron chi connectivity index (χ4n) is 2.28. The number of ether oxygens (including phenoxy) is 1. The molecule has 4 nitrogen and oxygen atoms in total. The molecular formula is C13H26N2O2. The van der Waals surface area contributed by atoms with Crippen molar-refractivity contribution in [3.63, 3.8) is 0 Å². The Balaban J connectivity index is 2.11. The molecule has 100 valence electrons. The van der Waals surface area contributed by atoms with Crippen LogP contribution in [0.2, 0.25) is 0 Å². The first kappa shape index (κ1) is 14.5. The van der Waals surface area contributed by atoms with Crippen molar-refractivity contribution in [2.24, 2.45) is 0 Å². The van der Waals surface area contributed by atoms with Gasteiger partial charge in [0, 0.05) is 12.1 Å². The topological polar surface area (TPSA) is 50.4 Å². The number of carbonyl (C=O) groups is 1. The second-order valence-corrected chi connectivity index (χ2v) is 5.06.